The molecule has 2 fully saturated rings. The zero-order valence-corrected chi connectivity index (χ0v) is 15.6. The third-order valence-electron chi connectivity index (χ3n) is 5.61. The van der Waals surface area contributed by atoms with Crippen molar-refractivity contribution in [3.05, 3.63) is 48.3 Å². The number of anilines is 2. The highest BCUT2D eigenvalue weighted by atomic mass is 19.1. The first-order valence-electron chi connectivity index (χ1n) is 9.53. The van der Waals surface area contributed by atoms with Crippen molar-refractivity contribution in [1.29, 1.82) is 0 Å². The molecule has 29 heavy (non-hydrogen) atoms. The lowest BCUT2D eigenvalue weighted by atomic mass is 10.1. The number of benzene rings is 1. The van der Waals surface area contributed by atoms with E-state index in [1.165, 1.54) is 23.1 Å². The number of para-hydroxylation sites is 1. The number of carbonyl (C=O) groups excluding carboxylic acids is 1. The average Bonchev–Trinajstić information content (AvgIpc) is 3.34. The minimum atomic E-state index is -0.709. The quantitative estimate of drug-likeness (QED) is 0.662. The van der Waals surface area contributed by atoms with E-state index in [2.05, 4.69) is 25.1 Å². The van der Waals surface area contributed by atoms with E-state index >= 15 is 0 Å². The topological polar surface area (TPSA) is 69.9 Å². The fraction of sp³-hybridized carbons (Fsp3) is 0.368. The van der Waals surface area contributed by atoms with Gasteiger partial charge < -0.3 is 9.80 Å². The number of aromatic nitrogens is 4. The molecule has 1 atom stereocenters. The summed E-state index contributed by atoms with van der Waals surface area (Å²) in [4.78, 5) is 18.4. The molecule has 0 N–H and O–H groups in total. The molecule has 5 rings (SSSR count). The molecule has 1 aromatic carbocycles. The molecule has 0 aliphatic carbocycles. The van der Waals surface area contributed by atoms with Gasteiger partial charge in [-0.25, -0.2) is 8.78 Å². The average molecular weight is 399 g/mol. The Morgan fingerprint density at radius 2 is 1.72 bits per heavy atom. The van der Waals surface area contributed by atoms with Crippen LogP contribution in [-0.4, -0.2) is 69.4 Å². The van der Waals surface area contributed by atoms with Crippen LogP contribution in [-0.2, 0) is 4.79 Å². The highest BCUT2D eigenvalue weighted by molar-refractivity contribution is 5.99. The van der Waals surface area contributed by atoms with Gasteiger partial charge in [-0.2, -0.15) is 4.52 Å². The molecule has 1 unspecified atom stereocenters. The van der Waals surface area contributed by atoms with Crippen LogP contribution in [0.2, 0.25) is 0 Å². The van der Waals surface area contributed by atoms with Crippen LogP contribution < -0.4 is 9.80 Å². The molecule has 2 saturated heterocycles. The van der Waals surface area contributed by atoms with E-state index in [9.17, 15) is 13.6 Å². The highest BCUT2D eigenvalue weighted by Crippen LogP contribution is 2.30. The van der Waals surface area contributed by atoms with Gasteiger partial charge in [0.1, 0.15) is 29.5 Å². The normalized spacial score (nSPS) is 20.8. The monoisotopic (exact) mass is 399 g/mol. The largest absolute Gasteiger partial charge is 0.353 e. The van der Waals surface area contributed by atoms with Crippen LogP contribution >= 0.6 is 0 Å². The predicted molar refractivity (Wildman–Crippen MR) is 102 cm³/mol. The summed E-state index contributed by atoms with van der Waals surface area (Å²) in [6.45, 7) is 3.07. The maximum absolute atomic E-state index is 14.1. The van der Waals surface area contributed by atoms with Crippen LogP contribution in [0.15, 0.2) is 36.7 Å². The third-order valence-corrected chi connectivity index (χ3v) is 5.61. The molecular weight excluding hydrogens is 380 g/mol. The summed E-state index contributed by atoms with van der Waals surface area (Å²) >= 11 is 0. The molecule has 2 aliphatic rings. The van der Waals surface area contributed by atoms with E-state index in [0.29, 0.717) is 44.8 Å². The van der Waals surface area contributed by atoms with Gasteiger partial charge in [0.05, 0.1) is 6.04 Å². The predicted octanol–water partition coefficient (Wildman–Crippen LogP) is 1.33. The summed E-state index contributed by atoms with van der Waals surface area (Å²) in [5.74, 6) is -0.838. The Bertz CT molecular complexity index is 1040. The maximum atomic E-state index is 14.1. The third kappa shape index (κ3) is 3.09. The summed E-state index contributed by atoms with van der Waals surface area (Å²) in [7, 11) is 0. The minimum absolute atomic E-state index is 0.244. The number of hydrogen-bond acceptors (Lipinski definition) is 6. The lowest BCUT2D eigenvalue weighted by molar-refractivity contribution is -0.121. The first-order chi connectivity index (χ1) is 14.1. The van der Waals surface area contributed by atoms with Crippen LogP contribution in [0.1, 0.15) is 6.42 Å². The van der Waals surface area contributed by atoms with E-state index in [4.69, 9.17) is 0 Å². The van der Waals surface area contributed by atoms with Gasteiger partial charge in [-0.3, -0.25) is 9.69 Å². The van der Waals surface area contributed by atoms with E-state index in [-0.39, 0.29) is 17.6 Å². The van der Waals surface area contributed by atoms with Crippen LogP contribution in [0.4, 0.5) is 20.3 Å². The Labute approximate surface area is 165 Å². The van der Waals surface area contributed by atoms with Crippen molar-refractivity contribution < 1.29 is 13.6 Å². The van der Waals surface area contributed by atoms with Crippen LogP contribution in [0, 0.1) is 11.6 Å². The molecule has 3 aromatic rings. The van der Waals surface area contributed by atoms with Gasteiger partial charge in [-0.15, -0.1) is 15.3 Å². The van der Waals surface area contributed by atoms with Crippen molar-refractivity contribution in [2.24, 2.45) is 0 Å². The Kier molecular flexibility index (Phi) is 4.35. The molecule has 10 heteroatoms. The molecule has 4 heterocycles. The lowest BCUT2D eigenvalue weighted by Gasteiger charge is -2.37. The summed E-state index contributed by atoms with van der Waals surface area (Å²) in [5, 5.41) is 12.3. The van der Waals surface area contributed by atoms with Gasteiger partial charge in [0.2, 0.25) is 5.91 Å². The molecule has 2 aromatic heterocycles. The second-order valence-corrected chi connectivity index (χ2v) is 7.21. The number of fused-ring (bicyclic) bond motifs is 1. The Balaban J connectivity index is 1.27. The fourth-order valence-electron chi connectivity index (χ4n) is 4.12. The van der Waals surface area contributed by atoms with Gasteiger partial charge in [-0.05, 0) is 30.7 Å². The molecule has 0 bridgehead atoms. The van der Waals surface area contributed by atoms with Crippen molar-refractivity contribution in [2.45, 2.75) is 12.5 Å². The van der Waals surface area contributed by atoms with E-state index < -0.39 is 11.6 Å². The van der Waals surface area contributed by atoms with Crippen LogP contribution in [0.25, 0.3) is 5.65 Å². The van der Waals surface area contributed by atoms with Crippen molar-refractivity contribution in [3.63, 3.8) is 0 Å². The summed E-state index contributed by atoms with van der Waals surface area (Å²) in [6, 6.07) is 7.07. The first kappa shape index (κ1) is 17.9. The first-order valence-corrected chi connectivity index (χ1v) is 9.53. The number of nitrogens with zero attached hydrogens (tertiary/aromatic N) is 7. The molecule has 150 valence electrons. The van der Waals surface area contributed by atoms with E-state index in [0.717, 1.165) is 5.82 Å². The van der Waals surface area contributed by atoms with Crippen molar-refractivity contribution in [3.8, 4) is 0 Å². The van der Waals surface area contributed by atoms with Crippen molar-refractivity contribution in [1.82, 2.24) is 24.7 Å². The number of halogens is 2. The zero-order valence-electron chi connectivity index (χ0n) is 15.6. The molecular formula is C19H19F2N7O. The second-order valence-electron chi connectivity index (χ2n) is 7.21. The minimum Gasteiger partial charge on any atom is -0.353 e. The lowest BCUT2D eigenvalue weighted by Crippen LogP contribution is -2.53. The van der Waals surface area contributed by atoms with Crippen LogP contribution in [0.5, 0.6) is 0 Å². The highest BCUT2D eigenvalue weighted by Gasteiger charge is 2.39. The van der Waals surface area contributed by atoms with Gasteiger partial charge >= 0.3 is 0 Å². The van der Waals surface area contributed by atoms with Gasteiger partial charge in [-0.1, -0.05) is 6.07 Å². The number of carbonyl (C=O) groups is 1. The fourth-order valence-corrected chi connectivity index (χ4v) is 4.12. The summed E-state index contributed by atoms with van der Waals surface area (Å²) in [5.41, 5.74) is 0.439. The van der Waals surface area contributed by atoms with Gasteiger partial charge in [0.15, 0.2) is 5.65 Å². The van der Waals surface area contributed by atoms with E-state index in [1.807, 2.05) is 12.1 Å². The number of rotatable bonds is 3. The molecule has 8 nitrogen and oxygen atoms in total. The molecule has 0 saturated carbocycles. The van der Waals surface area contributed by atoms with Crippen molar-refractivity contribution >= 4 is 23.1 Å². The summed E-state index contributed by atoms with van der Waals surface area (Å²) < 4.78 is 29.8. The molecule has 2 aliphatic heterocycles. The number of piperazine rings is 1. The van der Waals surface area contributed by atoms with Gasteiger partial charge in [0.25, 0.3) is 0 Å². The Morgan fingerprint density at radius 1 is 0.966 bits per heavy atom. The zero-order chi connectivity index (χ0) is 20.0. The van der Waals surface area contributed by atoms with Gasteiger partial charge in [0, 0.05) is 32.7 Å². The summed E-state index contributed by atoms with van der Waals surface area (Å²) in [6.07, 6.45) is 2.11. The second kappa shape index (κ2) is 7.03. The van der Waals surface area contributed by atoms with E-state index in [1.54, 1.807) is 10.8 Å². The molecule has 1 amide bonds. The Hall–Kier alpha value is -3.14. The Morgan fingerprint density at radius 3 is 2.48 bits per heavy atom. The smallest absolute Gasteiger partial charge is 0.244 e. The van der Waals surface area contributed by atoms with Crippen molar-refractivity contribution in [2.75, 3.05) is 42.5 Å². The number of hydrogen-bond donors (Lipinski definition) is 0. The number of amides is 1. The maximum Gasteiger partial charge on any atom is 0.244 e. The molecule has 0 radical (unpaired) electrons. The SMILES string of the molecule is O=C1C(N2CCN(c3ccc4nncn4n3)CC2)CCN1c1c(F)cccc1F. The standard InChI is InChI=1S/C19H19F2N7O/c20-13-2-1-3-14(21)18(13)27-7-6-15(19(27)29)25-8-10-26(11-9-25)17-5-4-16-23-22-12-28(16)24-17/h1-5,12,15H,6-11H2. The molecule has 0 spiro atoms. The van der Waals surface area contributed by atoms with Crippen LogP contribution in [0.3, 0.4) is 0 Å².